The quantitative estimate of drug-likeness (QED) is 0.749. The first-order valence-electron chi connectivity index (χ1n) is 6.79. The fraction of sp³-hybridized carbons (Fsp3) is 0.929. The third kappa shape index (κ3) is 9.42. The summed E-state index contributed by atoms with van der Waals surface area (Å²) in [7, 11) is 4.07. The summed E-state index contributed by atoms with van der Waals surface area (Å²) >= 11 is 0. The summed E-state index contributed by atoms with van der Waals surface area (Å²) in [5.41, 5.74) is -0.0132. The van der Waals surface area contributed by atoms with Crippen molar-refractivity contribution in [3.63, 3.8) is 0 Å². The normalized spacial score (nSPS) is 12.3. The van der Waals surface area contributed by atoms with E-state index in [4.69, 9.17) is 0 Å². The molecule has 1 N–H and O–H groups in total. The first-order chi connectivity index (χ1) is 8.11. The molecular formula is C14H31N3O. The second-order valence-corrected chi connectivity index (χ2v) is 6.64. The first-order valence-corrected chi connectivity index (χ1v) is 6.79. The summed E-state index contributed by atoms with van der Waals surface area (Å²) in [6.07, 6.45) is 0. The van der Waals surface area contributed by atoms with Crippen molar-refractivity contribution < 1.29 is 4.79 Å². The van der Waals surface area contributed by atoms with Gasteiger partial charge in [-0.3, -0.25) is 4.79 Å². The van der Waals surface area contributed by atoms with E-state index in [-0.39, 0.29) is 11.4 Å². The van der Waals surface area contributed by atoms with Crippen LogP contribution in [0.2, 0.25) is 0 Å². The minimum atomic E-state index is -0.0132. The van der Waals surface area contributed by atoms with Crippen molar-refractivity contribution in [2.75, 3.05) is 40.3 Å². The summed E-state index contributed by atoms with van der Waals surface area (Å²) in [6, 6.07) is 0. The maximum atomic E-state index is 12.2. The highest BCUT2D eigenvalue weighted by Crippen LogP contribution is 2.02. The van der Waals surface area contributed by atoms with Gasteiger partial charge in [0, 0.05) is 25.2 Å². The van der Waals surface area contributed by atoms with E-state index in [0.717, 1.165) is 19.6 Å². The van der Waals surface area contributed by atoms with Gasteiger partial charge in [0.15, 0.2) is 0 Å². The third-order valence-corrected chi connectivity index (χ3v) is 2.53. The predicted octanol–water partition coefficient (Wildman–Crippen LogP) is 1.42. The number of rotatable bonds is 7. The zero-order valence-corrected chi connectivity index (χ0v) is 13.2. The van der Waals surface area contributed by atoms with Crippen LogP contribution in [0.5, 0.6) is 0 Å². The van der Waals surface area contributed by atoms with Gasteiger partial charge in [-0.2, -0.15) is 0 Å². The van der Waals surface area contributed by atoms with E-state index >= 15 is 0 Å². The maximum Gasteiger partial charge on any atom is 0.236 e. The molecule has 4 nitrogen and oxygen atoms in total. The van der Waals surface area contributed by atoms with Crippen LogP contribution in [0.1, 0.15) is 34.6 Å². The van der Waals surface area contributed by atoms with E-state index in [9.17, 15) is 4.79 Å². The number of carbonyl (C=O) groups is 1. The largest absolute Gasteiger partial charge is 0.340 e. The lowest BCUT2D eigenvalue weighted by molar-refractivity contribution is -0.131. The van der Waals surface area contributed by atoms with Crippen LogP contribution in [0.15, 0.2) is 0 Å². The molecule has 0 radical (unpaired) electrons. The van der Waals surface area contributed by atoms with Gasteiger partial charge in [-0.05, 0) is 40.8 Å². The molecule has 0 aliphatic heterocycles. The fourth-order valence-electron chi connectivity index (χ4n) is 1.53. The van der Waals surface area contributed by atoms with E-state index in [0.29, 0.717) is 12.5 Å². The zero-order chi connectivity index (χ0) is 14.3. The standard InChI is InChI=1S/C14H31N3O/c1-12(2)11-17(9-8-16(6)7)13(18)10-15-14(3,4)5/h12,15H,8-11H2,1-7H3. The molecule has 4 heteroatoms. The molecule has 0 atom stereocenters. The molecule has 0 saturated carbocycles. The molecule has 0 rings (SSSR count). The fourth-order valence-corrected chi connectivity index (χ4v) is 1.53. The molecule has 108 valence electrons. The van der Waals surface area contributed by atoms with Gasteiger partial charge in [0.25, 0.3) is 0 Å². The van der Waals surface area contributed by atoms with Gasteiger partial charge in [-0.1, -0.05) is 13.8 Å². The topological polar surface area (TPSA) is 35.6 Å². The Kier molecular flexibility index (Phi) is 7.48. The van der Waals surface area contributed by atoms with E-state index in [2.05, 4.69) is 44.8 Å². The average Bonchev–Trinajstić information content (AvgIpc) is 2.19. The van der Waals surface area contributed by atoms with Gasteiger partial charge in [-0.25, -0.2) is 0 Å². The van der Waals surface area contributed by atoms with Crippen LogP contribution >= 0.6 is 0 Å². The zero-order valence-electron chi connectivity index (χ0n) is 13.2. The van der Waals surface area contributed by atoms with E-state index in [1.54, 1.807) is 0 Å². The molecule has 0 bridgehead atoms. The Hall–Kier alpha value is -0.610. The molecule has 0 aliphatic rings. The minimum Gasteiger partial charge on any atom is -0.340 e. The van der Waals surface area contributed by atoms with E-state index < -0.39 is 0 Å². The summed E-state index contributed by atoms with van der Waals surface area (Å²) in [6.45, 7) is 13.5. The third-order valence-electron chi connectivity index (χ3n) is 2.53. The molecule has 0 aliphatic carbocycles. The minimum absolute atomic E-state index is 0.0132. The van der Waals surface area contributed by atoms with Gasteiger partial charge in [0.2, 0.25) is 5.91 Å². The van der Waals surface area contributed by atoms with E-state index in [1.807, 2.05) is 19.0 Å². The Bertz CT molecular complexity index is 244. The van der Waals surface area contributed by atoms with Crippen molar-refractivity contribution in [2.45, 2.75) is 40.2 Å². The van der Waals surface area contributed by atoms with Crippen LogP contribution < -0.4 is 5.32 Å². The summed E-state index contributed by atoms with van der Waals surface area (Å²) < 4.78 is 0. The van der Waals surface area contributed by atoms with Crippen molar-refractivity contribution in [3.8, 4) is 0 Å². The van der Waals surface area contributed by atoms with Gasteiger partial charge < -0.3 is 15.1 Å². The Morgan fingerprint density at radius 1 is 1.17 bits per heavy atom. The van der Waals surface area contributed by atoms with Crippen LogP contribution in [0, 0.1) is 5.92 Å². The van der Waals surface area contributed by atoms with Crippen molar-refractivity contribution in [3.05, 3.63) is 0 Å². The molecule has 0 heterocycles. The monoisotopic (exact) mass is 257 g/mol. The molecule has 0 aromatic carbocycles. The maximum absolute atomic E-state index is 12.2. The van der Waals surface area contributed by atoms with Crippen LogP contribution in [-0.4, -0.2) is 61.5 Å². The second kappa shape index (κ2) is 7.74. The number of hydrogen-bond donors (Lipinski definition) is 1. The summed E-state index contributed by atoms with van der Waals surface area (Å²) in [5.74, 6) is 0.700. The average molecular weight is 257 g/mol. The number of hydrogen-bond acceptors (Lipinski definition) is 3. The Labute approximate surface area is 113 Å². The van der Waals surface area contributed by atoms with Crippen molar-refractivity contribution in [1.29, 1.82) is 0 Å². The SMILES string of the molecule is CC(C)CN(CCN(C)C)C(=O)CNC(C)(C)C. The Morgan fingerprint density at radius 3 is 2.11 bits per heavy atom. The van der Waals surface area contributed by atoms with E-state index in [1.165, 1.54) is 0 Å². The molecule has 0 fully saturated rings. The van der Waals surface area contributed by atoms with Gasteiger partial charge in [-0.15, -0.1) is 0 Å². The van der Waals surface area contributed by atoms with Crippen molar-refractivity contribution in [2.24, 2.45) is 5.92 Å². The molecule has 0 unspecified atom stereocenters. The van der Waals surface area contributed by atoms with Gasteiger partial charge in [0.05, 0.1) is 6.54 Å². The highest BCUT2D eigenvalue weighted by molar-refractivity contribution is 5.78. The number of nitrogens with zero attached hydrogens (tertiary/aromatic N) is 2. The summed E-state index contributed by atoms with van der Waals surface area (Å²) in [4.78, 5) is 16.3. The smallest absolute Gasteiger partial charge is 0.236 e. The van der Waals surface area contributed by atoms with Crippen molar-refractivity contribution in [1.82, 2.24) is 15.1 Å². The Balaban J connectivity index is 4.31. The summed E-state index contributed by atoms with van der Waals surface area (Å²) in [5, 5.41) is 3.26. The van der Waals surface area contributed by atoms with Crippen LogP contribution in [0.3, 0.4) is 0 Å². The van der Waals surface area contributed by atoms with Crippen molar-refractivity contribution >= 4 is 5.91 Å². The predicted molar refractivity (Wildman–Crippen MR) is 77.7 cm³/mol. The molecular weight excluding hydrogens is 226 g/mol. The Morgan fingerprint density at radius 2 is 1.72 bits per heavy atom. The molecule has 0 spiro atoms. The van der Waals surface area contributed by atoms with Gasteiger partial charge in [0.1, 0.15) is 0 Å². The first kappa shape index (κ1) is 17.4. The lowest BCUT2D eigenvalue weighted by Gasteiger charge is -2.28. The second-order valence-electron chi connectivity index (χ2n) is 6.64. The number of nitrogens with one attached hydrogen (secondary N) is 1. The number of amides is 1. The van der Waals surface area contributed by atoms with Crippen LogP contribution in [-0.2, 0) is 4.79 Å². The lowest BCUT2D eigenvalue weighted by Crippen LogP contribution is -2.47. The highest BCUT2D eigenvalue weighted by atomic mass is 16.2. The number of carbonyl (C=O) groups excluding carboxylic acids is 1. The molecule has 1 amide bonds. The van der Waals surface area contributed by atoms with Crippen LogP contribution in [0.25, 0.3) is 0 Å². The van der Waals surface area contributed by atoms with Gasteiger partial charge >= 0.3 is 0 Å². The molecule has 0 aromatic rings. The molecule has 0 aromatic heterocycles. The number of likely N-dealkylation sites (N-methyl/N-ethyl adjacent to an activating group) is 1. The molecule has 18 heavy (non-hydrogen) atoms. The lowest BCUT2D eigenvalue weighted by atomic mass is 10.1. The van der Waals surface area contributed by atoms with Crippen LogP contribution in [0.4, 0.5) is 0 Å². The molecule has 0 saturated heterocycles. The highest BCUT2D eigenvalue weighted by Gasteiger charge is 2.17.